The minimum absolute atomic E-state index is 0.229. The van der Waals surface area contributed by atoms with Crippen LogP contribution in [0.1, 0.15) is 37.8 Å². The number of aryl methyl sites for hydroxylation is 1. The highest BCUT2D eigenvalue weighted by Crippen LogP contribution is 2.27. The first-order chi connectivity index (χ1) is 8.56. The zero-order chi connectivity index (χ0) is 13.1. The number of hydrogen-bond donors (Lipinski definition) is 1. The van der Waals surface area contributed by atoms with Gasteiger partial charge in [-0.3, -0.25) is 0 Å². The highest BCUT2D eigenvalue weighted by molar-refractivity contribution is 5.55. The Bertz CT molecular complexity index is 398. The maximum absolute atomic E-state index is 5.98. The van der Waals surface area contributed by atoms with Crippen LogP contribution in [-0.2, 0) is 6.42 Å². The van der Waals surface area contributed by atoms with Gasteiger partial charge in [-0.2, -0.15) is 0 Å². The molecule has 1 heterocycles. The number of rotatable bonds is 3. The van der Waals surface area contributed by atoms with E-state index in [0.29, 0.717) is 0 Å². The van der Waals surface area contributed by atoms with E-state index in [1.54, 1.807) is 0 Å². The lowest BCUT2D eigenvalue weighted by atomic mass is 9.96. The third-order valence-electron chi connectivity index (χ3n) is 3.77. The van der Waals surface area contributed by atoms with Crippen LogP contribution < -0.4 is 10.6 Å². The Hall–Kier alpha value is -1.02. The van der Waals surface area contributed by atoms with Gasteiger partial charge in [0.15, 0.2) is 0 Å². The average molecular weight is 246 g/mol. The van der Waals surface area contributed by atoms with Crippen LogP contribution in [0.4, 0.5) is 5.69 Å². The van der Waals surface area contributed by atoms with Crippen LogP contribution >= 0.6 is 0 Å². The molecule has 1 aromatic carbocycles. The van der Waals surface area contributed by atoms with Crippen molar-refractivity contribution in [3.05, 3.63) is 29.3 Å². The molecule has 0 aromatic heterocycles. The van der Waals surface area contributed by atoms with Gasteiger partial charge in [-0.15, -0.1) is 0 Å². The molecule has 0 radical (unpaired) electrons. The summed E-state index contributed by atoms with van der Waals surface area (Å²) in [5, 5.41) is 0. The first-order valence-electron chi connectivity index (χ1n) is 7.16. The summed E-state index contributed by atoms with van der Waals surface area (Å²) in [7, 11) is 0. The van der Waals surface area contributed by atoms with Gasteiger partial charge in [-0.05, 0) is 50.7 Å². The van der Waals surface area contributed by atoms with Crippen molar-refractivity contribution in [1.82, 2.24) is 0 Å². The molecule has 18 heavy (non-hydrogen) atoms. The maximum Gasteiger partial charge on any atom is 0.0399 e. The predicted octanol–water partition coefficient (Wildman–Crippen LogP) is 3.12. The van der Waals surface area contributed by atoms with Gasteiger partial charge in [0.1, 0.15) is 0 Å². The Labute approximate surface area is 111 Å². The lowest BCUT2D eigenvalue weighted by Crippen LogP contribution is -2.35. The second-order valence-corrected chi connectivity index (χ2v) is 6.01. The summed E-state index contributed by atoms with van der Waals surface area (Å²) in [6.45, 7) is 8.98. The molecule has 1 aliphatic heterocycles. The third-order valence-corrected chi connectivity index (χ3v) is 3.77. The molecule has 0 amide bonds. The number of hydrogen-bond acceptors (Lipinski definition) is 2. The fraction of sp³-hybridized carbons (Fsp3) is 0.625. The van der Waals surface area contributed by atoms with Crippen molar-refractivity contribution in [2.24, 2.45) is 11.7 Å². The number of anilines is 1. The lowest BCUT2D eigenvalue weighted by Gasteiger charge is -2.34. The Morgan fingerprint density at radius 2 is 2.22 bits per heavy atom. The molecule has 0 spiro atoms. The Morgan fingerprint density at radius 3 is 2.89 bits per heavy atom. The SMILES string of the molecule is Cc1ccc(N2CCCC(C)C2)c(CC(C)N)c1. The van der Waals surface area contributed by atoms with Gasteiger partial charge >= 0.3 is 0 Å². The van der Waals surface area contributed by atoms with Crippen LogP contribution in [0.5, 0.6) is 0 Å². The first-order valence-corrected chi connectivity index (χ1v) is 7.16. The minimum atomic E-state index is 0.229. The molecule has 0 aliphatic carbocycles. The summed E-state index contributed by atoms with van der Waals surface area (Å²) in [6.07, 6.45) is 3.65. The smallest absolute Gasteiger partial charge is 0.0399 e. The number of nitrogens with two attached hydrogens (primary N) is 1. The predicted molar refractivity (Wildman–Crippen MR) is 79.1 cm³/mol. The van der Waals surface area contributed by atoms with E-state index in [9.17, 15) is 0 Å². The van der Waals surface area contributed by atoms with Crippen molar-refractivity contribution in [2.45, 2.75) is 46.1 Å². The van der Waals surface area contributed by atoms with Crippen molar-refractivity contribution in [2.75, 3.05) is 18.0 Å². The second kappa shape index (κ2) is 5.75. The van der Waals surface area contributed by atoms with Crippen molar-refractivity contribution in [3.63, 3.8) is 0 Å². The van der Waals surface area contributed by atoms with E-state index in [1.165, 1.54) is 42.7 Å². The monoisotopic (exact) mass is 246 g/mol. The van der Waals surface area contributed by atoms with Crippen molar-refractivity contribution >= 4 is 5.69 Å². The molecule has 1 aliphatic rings. The normalized spacial score (nSPS) is 22.0. The van der Waals surface area contributed by atoms with Crippen LogP contribution in [0, 0.1) is 12.8 Å². The van der Waals surface area contributed by atoms with Gasteiger partial charge in [-0.25, -0.2) is 0 Å². The molecule has 2 atom stereocenters. The Morgan fingerprint density at radius 1 is 1.44 bits per heavy atom. The van der Waals surface area contributed by atoms with Gasteiger partial charge in [0.25, 0.3) is 0 Å². The van der Waals surface area contributed by atoms with Crippen LogP contribution in [0.25, 0.3) is 0 Å². The molecule has 0 saturated carbocycles. The van der Waals surface area contributed by atoms with Crippen LogP contribution in [-0.4, -0.2) is 19.1 Å². The van der Waals surface area contributed by atoms with Gasteiger partial charge < -0.3 is 10.6 Å². The van der Waals surface area contributed by atoms with Gasteiger partial charge in [-0.1, -0.05) is 24.6 Å². The van der Waals surface area contributed by atoms with E-state index in [4.69, 9.17) is 5.73 Å². The molecule has 1 saturated heterocycles. The molecule has 0 bridgehead atoms. The van der Waals surface area contributed by atoms with Gasteiger partial charge in [0.2, 0.25) is 0 Å². The van der Waals surface area contributed by atoms with E-state index < -0.39 is 0 Å². The number of piperidine rings is 1. The summed E-state index contributed by atoms with van der Waals surface area (Å²) >= 11 is 0. The molecule has 2 heteroatoms. The minimum Gasteiger partial charge on any atom is -0.371 e. The van der Waals surface area contributed by atoms with Gasteiger partial charge in [0.05, 0.1) is 0 Å². The number of benzene rings is 1. The van der Waals surface area contributed by atoms with Gasteiger partial charge in [0, 0.05) is 24.8 Å². The molecule has 1 aromatic rings. The molecule has 2 rings (SSSR count). The Kier molecular flexibility index (Phi) is 4.28. The first kappa shape index (κ1) is 13.4. The fourth-order valence-electron chi connectivity index (χ4n) is 2.94. The molecular weight excluding hydrogens is 220 g/mol. The lowest BCUT2D eigenvalue weighted by molar-refractivity contribution is 0.446. The molecule has 2 unspecified atom stereocenters. The van der Waals surface area contributed by atoms with E-state index in [-0.39, 0.29) is 6.04 Å². The van der Waals surface area contributed by atoms with E-state index in [0.717, 1.165) is 12.3 Å². The second-order valence-electron chi connectivity index (χ2n) is 6.01. The van der Waals surface area contributed by atoms with E-state index in [1.807, 2.05) is 0 Å². The highest BCUT2D eigenvalue weighted by atomic mass is 15.1. The van der Waals surface area contributed by atoms with Crippen molar-refractivity contribution < 1.29 is 0 Å². The summed E-state index contributed by atoms with van der Waals surface area (Å²) < 4.78 is 0. The standard InChI is InChI=1S/C16H26N2/c1-12-6-7-16(15(9-12)10-14(3)17)18-8-4-5-13(2)11-18/h6-7,9,13-14H,4-5,8,10-11,17H2,1-3H3. The quantitative estimate of drug-likeness (QED) is 0.888. The topological polar surface area (TPSA) is 29.3 Å². The zero-order valence-corrected chi connectivity index (χ0v) is 11.9. The maximum atomic E-state index is 5.98. The summed E-state index contributed by atoms with van der Waals surface area (Å²) in [4.78, 5) is 2.55. The zero-order valence-electron chi connectivity index (χ0n) is 11.9. The molecule has 100 valence electrons. The summed E-state index contributed by atoms with van der Waals surface area (Å²) in [5.41, 5.74) is 10.1. The summed E-state index contributed by atoms with van der Waals surface area (Å²) in [6, 6.07) is 7.04. The molecule has 2 N–H and O–H groups in total. The van der Waals surface area contributed by atoms with Crippen molar-refractivity contribution in [3.8, 4) is 0 Å². The largest absolute Gasteiger partial charge is 0.371 e. The van der Waals surface area contributed by atoms with Crippen molar-refractivity contribution in [1.29, 1.82) is 0 Å². The van der Waals surface area contributed by atoms with Crippen LogP contribution in [0.15, 0.2) is 18.2 Å². The van der Waals surface area contributed by atoms with Crippen LogP contribution in [0.3, 0.4) is 0 Å². The van der Waals surface area contributed by atoms with E-state index >= 15 is 0 Å². The Balaban J connectivity index is 2.25. The molecule has 1 fully saturated rings. The number of nitrogens with zero attached hydrogens (tertiary/aromatic N) is 1. The highest BCUT2D eigenvalue weighted by Gasteiger charge is 2.19. The molecular formula is C16H26N2. The molecule has 2 nitrogen and oxygen atoms in total. The third kappa shape index (κ3) is 3.26. The summed E-state index contributed by atoms with van der Waals surface area (Å²) in [5.74, 6) is 0.809. The van der Waals surface area contributed by atoms with E-state index in [2.05, 4.69) is 43.9 Å². The average Bonchev–Trinajstić information content (AvgIpc) is 2.28. The fourth-order valence-corrected chi connectivity index (χ4v) is 2.94. The van der Waals surface area contributed by atoms with Crippen LogP contribution in [0.2, 0.25) is 0 Å².